The van der Waals surface area contributed by atoms with Crippen LogP contribution in [-0.4, -0.2) is 30.8 Å². The standard InChI is InChI=1S/C14H18ClNO3/c15-11-4-5-13(12(8-11)14(17)18)16-6-1-7-19-9-10-2-3-10/h4-5,8,10,16H,1-3,6-7,9H2,(H,17,18). The molecule has 0 aromatic heterocycles. The Kier molecular flexibility index (Phi) is 5.05. The summed E-state index contributed by atoms with van der Waals surface area (Å²) in [6.07, 6.45) is 3.45. The van der Waals surface area contributed by atoms with Crippen LogP contribution in [-0.2, 0) is 4.74 Å². The van der Waals surface area contributed by atoms with Gasteiger partial charge in [0, 0.05) is 30.5 Å². The molecule has 104 valence electrons. The van der Waals surface area contributed by atoms with Crippen molar-refractivity contribution in [3.8, 4) is 0 Å². The highest BCUT2D eigenvalue weighted by molar-refractivity contribution is 6.31. The molecule has 0 atom stereocenters. The molecule has 0 unspecified atom stereocenters. The Labute approximate surface area is 117 Å². The molecule has 0 saturated heterocycles. The maximum absolute atomic E-state index is 11.1. The lowest BCUT2D eigenvalue weighted by Crippen LogP contribution is -2.10. The van der Waals surface area contributed by atoms with E-state index in [0.717, 1.165) is 18.9 Å². The van der Waals surface area contributed by atoms with E-state index < -0.39 is 5.97 Å². The number of carboxylic acids is 1. The molecule has 1 aliphatic carbocycles. The van der Waals surface area contributed by atoms with E-state index in [-0.39, 0.29) is 5.56 Å². The number of carboxylic acid groups (broad SMARTS) is 1. The van der Waals surface area contributed by atoms with Crippen molar-refractivity contribution in [1.29, 1.82) is 0 Å². The fourth-order valence-corrected chi connectivity index (χ4v) is 1.95. The first kappa shape index (κ1) is 14.2. The monoisotopic (exact) mass is 283 g/mol. The van der Waals surface area contributed by atoms with Gasteiger partial charge >= 0.3 is 5.97 Å². The molecule has 0 spiro atoms. The highest BCUT2D eigenvalue weighted by Gasteiger charge is 2.20. The first-order valence-electron chi connectivity index (χ1n) is 6.51. The molecule has 0 bridgehead atoms. The smallest absolute Gasteiger partial charge is 0.337 e. The van der Waals surface area contributed by atoms with Gasteiger partial charge in [0.1, 0.15) is 0 Å². The summed E-state index contributed by atoms with van der Waals surface area (Å²) in [4.78, 5) is 11.1. The molecule has 2 rings (SSSR count). The van der Waals surface area contributed by atoms with E-state index in [0.29, 0.717) is 23.9 Å². The van der Waals surface area contributed by atoms with E-state index in [1.807, 2.05) is 0 Å². The number of anilines is 1. The molecule has 1 saturated carbocycles. The molecular formula is C14H18ClNO3. The van der Waals surface area contributed by atoms with Crippen molar-refractivity contribution in [1.82, 2.24) is 0 Å². The zero-order valence-corrected chi connectivity index (χ0v) is 11.4. The number of hydrogen-bond acceptors (Lipinski definition) is 3. The van der Waals surface area contributed by atoms with Crippen molar-refractivity contribution in [2.45, 2.75) is 19.3 Å². The zero-order chi connectivity index (χ0) is 13.7. The van der Waals surface area contributed by atoms with Gasteiger partial charge in [-0.15, -0.1) is 0 Å². The second kappa shape index (κ2) is 6.78. The molecule has 2 N–H and O–H groups in total. The summed E-state index contributed by atoms with van der Waals surface area (Å²) in [5.74, 6) is -0.196. The van der Waals surface area contributed by atoms with Crippen LogP contribution < -0.4 is 5.32 Å². The van der Waals surface area contributed by atoms with Crippen LogP contribution in [0.4, 0.5) is 5.69 Å². The van der Waals surface area contributed by atoms with E-state index in [4.69, 9.17) is 21.4 Å². The van der Waals surface area contributed by atoms with Crippen LogP contribution in [0.2, 0.25) is 5.02 Å². The molecule has 1 aromatic carbocycles. The Morgan fingerprint density at radius 2 is 2.26 bits per heavy atom. The molecule has 1 aliphatic rings. The van der Waals surface area contributed by atoms with Crippen LogP contribution in [0.1, 0.15) is 29.6 Å². The van der Waals surface area contributed by atoms with Crippen LogP contribution >= 0.6 is 11.6 Å². The Hall–Kier alpha value is -1.26. The summed E-state index contributed by atoms with van der Waals surface area (Å²) in [6, 6.07) is 4.83. The van der Waals surface area contributed by atoms with Gasteiger partial charge in [-0.3, -0.25) is 0 Å². The molecule has 1 fully saturated rings. The second-order valence-corrected chi connectivity index (χ2v) is 5.23. The van der Waals surface area contributed by atoms with E-state index in [9.17, 15) is 4.79 Å². The lowest BCUT2D eigenvalue weighted by Gasteiger charge is -2.10. The number of aromatic carboxylic acids is 1. The Bertz CT molecular complexity index is 446. The van der Waals surface area contributed by atoms with Crippen LogP contribution in [0, 0.1) is 5.92 Å². The SMILES string of the molecule is O=C(O)c1cc(Cl)ccc1NCCCOCC1CC1. The van der Waals surface area contributed by atoms with E-state index in [1.54, 1.807) is 12.1 Å². The highest BCUT2D eigenvalue weighted by Crippen LogP contribution is 2.28. The van der Waals surface area contributed by atoms with Crippen LogP contribution in [0.5, 0.6) is 0 Å². The molecular weight excluding hydrogens is 266 g/mol. The zero-order valence-electron chi connectivity index (χ0n) is 10.7. The fraction of sp³-hybridized carbons (Fsp3) is 0.500. The maximum Gasteiger partial charge on any atom is 0.337 e. The minimum absolute atomic E-state index is 0.200. The maximum atomic E-state index is 11.1. The summed E-state index contributed by atoms with van der Waals surface area (Å²) in [7, 11) is 0. The second-order valence-electron chi connectivity index (χ2n) is 4.79. The van der Waals surface area contributed by atoms with E-state index in [2.05, 4.69) is 5.32 Å². The average molecular weight is 284 g/mol. The van der Waals surface area contributed by atoms with Crippen molar-refractivity contribution in [3.05, 3.63) is 28.8 Å². The number of benzene rings is 1. The van der Waals surface area contributed by atoms with Crippen molar-refractivity contribution >= 4 is 23.3 Å². The third-order valence-electron chi connectivity index (χ3n) is 3.04. The van der Waals surface area contributed by atoms with Gasteiger partial charge in [-0.25, -0.2) is 4.79 Å². The van der Waals surface area contributed by atoms with E-state index in [1.165, 1.54) is 18.9 Å². The van der Waals surface area contributed by atoms with Crippen molar-refractivity contribution in [2.75, 3.05) is 25.1 Å². The first-order valence-corrected chi connectivity index (χ1v) is 6.89. The highest BCUT2D eigenvalue weighted by atomic mass is 35.5. The van der Waals surface area contributed by atoms with Gasteiger partial charge in [0.25, 0.3) is 0 Å². The van der Waals surface area contributed by atoms with Gasteiger partial charge in [0.2, 0.25) is 0 Å². The van der Waals surface area contributed by atoms with Gasteiger partial charge in [0.05, 0.1) is 5.56 Å². The fourth-order valence-electron chi connectivity index (χ4n) is 1.78. The minimum Gasteiger partial charge on any atom is -0.478 e. The van der Waals surface area contributed by atoms with Gasteiger partial charge in [-0.2, -0.15) is 0 Å². The quantitative estimate of drug-likeness (QED) is 0.719. The van der Waals surface area contributed by atoms with Crippen LogP contribution in [0.3, 0.4) is 0 Å². The third-order valence-corrected chi connectivity index (χ3v) is 3.28. The molecule has 0 amide bonds. The molecule has 4 nitrogen and oxygen atoms in total. The molecule has 19 heavy (non-hydrogen) atoms. The number of hydrogen-bond donors (Lipinski definition) is 2. The summed E-state index contributed by atoms with van der Waals surface area (Å²) >= 11 is 5.79. The van der Waals surface area contributed by atoms with Gasteiger partial charge in [-0.1, -0.05) is 11.6 Å². The predicted molar refractivity (Wildman–Crippen MR) is 75.1 cm³/mol. The Morgan fingerprint density at radius 1 is 1.47 bits per heavy atom. The van der Waals surface area contributed by atoms with E-state index >= 15 is 0 Å². The molecule has 1 aromatic rings. The summed E-state index contributed by atoms with van der Waals surface area (Å²) in [6.45, 7) is 2.26. The van der Waals surface area contributed by atoms with Crippen molar-refractivity contribution in [3.63, 3.8) is 0 Å². The topological polar surface area (TPSA) is 58.6 Å². The summed E-state index contributed by atoms with van der Waals surface area (Å²) in [5, 5.41) is 12.6. The Balaban J connectivity index is 1.73. The first-order chi connectivity index (χ1) is 9.16. The number of ether oxygens (including phenoxy) is 1. The van der Waals surface area contributed by atoms with Crippen LogP contribution in [0.25, 0.3) is 0 Å². The molecule has 0 heterocycles. The molecule has 0 aliphatic heterocycles. The molecule has 5 heteroatoms. The predicted octanol–water partition coefficient (Wildman–Crippen LogP) is 3.27. The third kappa shape index (κ3) is 4.73. The van der Waals surface area contributed by atoms with Crippen molar-refractivity contribution < 1.29 is 14.6 Å². The van der Waals surface area contributed by atoms with Crippen molar-refractivity contribution in [2.24, 2.45) is 5.92 Å². The van der Waals surface area contributed by atoms with Crippen LogP contribution in [0.15, 0.2) is 18.2 Å². The van der Waals surface area contributed by atoms with Gasteiger partial charge in [-0.05, 0) is 43.4 Å². The number of rotatable bonds is 8. The minimum atomic E-state index is -0.977. The number of halogens is 1. The average Bonchev–Trinajstić information content (AvgIpc) is 3.19. The number of nitrogens with one attached hydrogen (secondary N) is 1. The largest absolute Gasteiger partial charge is 0.478 e. The molecule has 0 radical (unpaired) electrons. The lowest BCUT2D eigenvalue weighted by molar-refractivity contribution is 0.0698. The summed E-state index contributed by atoms with van der Waals surface area (Å²) in [5.41, 5.74) is 0.797. The summed E-state index contributed by atoms with van der Waals surface area (Å²) < 4.78 is 5.51. The van der Waals surface area contributed by atoms with Gasteiger partial charge < -0.3 is 15.2 Å². The normalized spacial score (nSPS) is 14.4. The lowest BCUT2D eigenvalue weighted by atomic mass is 10.2. The number of carbonyl (C=O) groups is 1. The Morgan fingerprint density at radius 3 is 2.95 bits per heavy atom. The van der Waals surface area contributed by atoms with Gasteiger partial charge in [0.15, 0.2) is 0 Å².